The smallest absolute Gasteiger partial charge is 0.257 e. The Morgan fingerprint density at radius 3 is 2.74 bits per heavy atom. The number of amides is 1. The molecule has 0 aliphatic heterocycles. The highest BCUT2D eigenvalue weighted by Crippen LogP contribution is 2.23. The highest BCUT2D eigenvalue weighted by Gasteiger charge is 2.09. The van der Waals surface area contributed by atoms with Gasteiger partial charge in [0.1, 0.15) is 5.75 Å². The Morgan fingerprint density at radius 1 is 1.37 bits per heavy atom. The lowest BCUT2D eigenvalue weighted by Crippen LogP contribution is -2.29. The molecule has 1 rings (SSSR count). The van der Waals surface area contributed by atoms with E-state index < -0.39 is 0 Å². The largest absolute Gasteiger partial charge is 0.483 e. The Balaban J connectivity index is 2.71. The number of likely N-dealkylation sites (N-methyl/N-ethyl adjacent to an activating group) is 1. The minimum absolute atomic E-state index is 0.0629. The first kappa shape index (κ1) is 15.5. The van der Waals surface area contributed by atoms with Crippen molar-refractivity contribution in [3.63, 3.8) is 0 Å². The van der Waals surface area contributed by atoms with Crippen LogP contribution >= 0.6 is 0 Å². The molecule has 0 fully saturated rings. The Hall–Kier alpha value is -1.55. The molecule has 2 N–H and O–H groups in total. The second-order valence-electron chi connectivity index (χ2n) is 4.84. The minimum Gasteiger partial charge on any atom is -0.483 e. The maximum absolute atomic E-state index is 11.5. The van der Waals surface area contributed by atoms with Crippen molar-refractivity contribution in [1.29, 1.82) is 0 Å². The summed E-state index contributed by atoms with van der Waals surface area (Å²) in [6, 6.07) is 6.43. The van der Waals surface area contributed by atoms with Gasteiger partial charge in [0, 0.05) is 24.7 Å². The van der Waals surface area contributed by atoms with Gasteiger partial charge in [-0.15, -0.1) is 0 Å². The molecular formula is C15H24N2O2. The van der Waals surface area contributed by atoms with Gasteiger partial charge in [0.25, 0.3) is 5.91 Å². The predicted molar refractivity (Wildman–Crippen MR) is 77.3 cm³/mol. The molecule has 0 saturated heterocycles. The van der Waals surface area contributed by atoms with Gasteiger partial charge in [-0.25, -0.2) is 0 Å². The van der Waals surface area contributed by atoms with Gasteiger partial charge in [-0.3, -0.25) is 4.79 Å². The van der Waals surface area contributed by atoms with Gasteiger partial charge in [0.05, 0.1) is 0 Å². The third-order valence-electron chi connectivity index (χ3n) is 2.72. The van der Waals surface area contributed by atoms with Crippen LogP contribution in [0.25, 0.3) is 0 Å². The van der Waals surface area contributed by atoms with Crippen molar-refractivity contribution in [2.24, 2.45) is 0 Å². The topological polar surface area (TPSA) is 50.4 Å². The molecular weight excluding hydrogens is 240 g/mol. The van der Waals surface area contributed by atoms with Crippen LogP contribution < -0.4 is 15.4 Å². The number of carbonyl (C=O) groups is 1. The standard InChI is InChI=1S/C15H24N2O2/c1-5-16-14(18)10-19-15-12(4)7-6-8-13(15)9-17-11(2)3/h6-8,11,17H,5,9-10H2,1-4H3,(H,16,18). The number of rotatable bonds is 7. The van der Waals surface area contributed by atoms with Crippen molar-refractivity contribution >= 4 is 5.91 Å². The van der Waals surface area contributed by atoms with Crippen LogP contribution in [0.5, 0.6) is 5.75 Å². The molecule has 0 unspecified atom stereocenters. The second-order valence-corrected chi connectivity index (χ2v) is 4.84. The van der Waals surface area contributed by atoms with Crippen molar-refractivity contribution < 1.29 is 9.53 Å². The third-order valence-corrected chi connectivity index (χ3v) is 2.72. The van der Waals surface area contributed by atoms with E-state index in [1.165, 1.54) is 0 Å². The van der Waals surface area contributed by atoms with E-state index in [0.717, 1.165) is 23.4 Å². The molecule has 4 heteroatoms. The summed E-state index contributed by atoms with van der Waals surface area (Å²) in [5.74, 6) is 0.718. The second kappa shape index (κ2) is 7.79. The molecule has 1 aromatic carbocycles. The van der Waals surface area contributed by atoms with Crippen LogP contribution in [-0.4, -0.2) is 25.1 Å². The summed E-state index contributed by atoms with van der Waals surface area (Å²) in [6.45, 7) is 9.51. The van der Waals surface area contributed by atoms with Crippen LogP contribution in [0.3, 0.4) is 0 Å². The zero-order valence-electron chi connectivity index (χ0n) is 12.2. The maximum atomic E-state index is 11.5. The maximum Gasteiger partial charge on any atom is 0.257 e. The molecule has 0 atom stereocenters. The highest BCUT2D eigenvalue weighted by atomic mass is 16.5. The van der Waals surface area contributed by atoms with E-state index in [0.29, 0.717) is 12.6 Å². The van der Waals surface area contributed by atoms with Gasteiger partial charge in [-0.1, -0.05) is 32.0 Å². The van der Waals surface area contributed by atoms with Crippen LogP contribution in [0, 0.1) is 6.92 Å². The van der Waals surface area contributed by atoms with E-state index >= 15 is 0 Å². The van der Waals surface area contributed by atoms with Crippen molar-refractivity contribution in [2.75, 3.05) is 13.2 Å². The number of hydrogen-bond donors (Lipinski definition) is 2. The SMILES string of the molecule is CCNC(=O)COc1c(C)cccc1CNC(C)C. The third kappa shape index (κ3) is 5.30. The van der Waals surface area contributed by atoms with E-state index in [9.17, 15) is 4.79 Å². The fraction of sp³-hybridized carbons (Fsp3) is 0.533. The molecule has 0 spiro atoms. The monoisotopic (exact) mass is 264 g/mol. The molecule has 0 saturated carbocycles. The van der Waals surface area contributed by atoms with E-state index in [1.54, 1.807) is 0 Å². The summed E-state index contributed by atoms with van der Waals surface area (Å²) in [7, 11) is 0. The van der Waals surface area contributed by atoms with Crippen LogP contribution in [0.15, 0.2) is 18.2 Å². The van der Waals surface area contributed by atoms with E-state index in [-0.39, 0.29) is 12.5 Å². The number of carbonyl (C=O) groups excluding carboxylic acids is 1. The van der Waals surface area contributed by atoms with E-state index in [1.807, 2.05) is 32.0 Å². The fourth-order valence-electron chi connectivity index (χ4n) is 1.76. The average Bonchev–Trinajstić information content (AvgIpc) is 2.35. The van der Waals surface area contributed by atoms with Gasteiger partial charge in [-0.2, -0.15) is 0 Å². The zero-order chi connectivity index (χ0) is 14.3. The summed E-state index contributed by atoms with van der Waals surface area (Å²) >= 11 is 0. The summed E-state index contributed by atoms with van der Waals surface area (Å²) in [5, 5.41) is 6.09. The summed E-state index contributed by atoms with van der Waals surface area (Å²) in [4.78, 5) is 11.5. The quantitative estimate of drug-likeness (QED) is 0.792. The molecule has 4 nitrogen and oxygen atoms in total. The normalized spacial score (nSPS) is 10.6. The predicted octanol–water partition coefficient (Wildman–Crippen LogP) is 2.01. The first-order valence-corrected chi connectivity index (χ1v) is 6.76. The van der Waals surface area contributed by atoms with Crippen molar-refractivity contribution in [2.45, 2.75) is 40.3 Å². The van der Waals surface area contributed by atoms with E-state index in [2.05, 4.69) is 24.5 Å². The lowest BCUT2D eigenvalue weighted by atomic mass is 10.1. The molecule has 0 aromatic heterocycles. The average molecular weight is 264 g/mol. The summed E-state index contributed by atoms with van der Waals surface area (Å²) in [6.07, 6.45) is 0. The van der Waals surface area contributed by atoms with Crippen molar-refractivity contribution in [3.8, 4) is 5.75 Å². The summed E-state index contributed by atoms with van der Waals surface area (Å²) in [5.41, 5.74) is 2.13. The molecule has 0 bridgehead atoms. The molecule has 19 heavy (non-hydrogen) atoms. The Morgan fingerprint density at radius 2 is 2.11 bits per heavy atom. The fourth-order valence-corrected chi connectivity index (χ4v) is 1.76. The number of aryl methyl sites for hydroxylation is 1. The number of para-hydroxylation sites is 1. The van der Waals surface area contributed by atoms with Gasteiger partial charge in [0.15, 0.2) is 6.61 Å². The van der Waals surface area contributed by atoms with Gasteiger partial charge in [0.2, 0.25) is 0 Å². The Bertz CT molecular complexity index is 417. The number of nitrogens with one attached hydrogen (secondary N) is 2. The van der Waals surface area contributed by atoms with Gasteiger partial charge in [-0.05, 0) is 19.4 Å². The van der Waals surface area contributed by atoms with Crippen LogP contribution in [0.2, 0.25) is 0 Å². The minimum atomic E-state index is -0.0893. The molecule has 106 valence electrons. The first-order valence-electron chi connectivity index (χ1n) is 6.76. The number of hydrogen-bond acceptors (Lipinski definition) is 3. The van der Waals surface area contributed by atoms with Crippen LogP contribution in [0.1, 0.15) is 31.9 Å². The van der Waals surface area contributed by atoms with E-state index in [4.69, 9.17) is 4.74 Å². The van der Waals surface area contributed by atoms with Crippen molar-refractivity contribution in [3.05, 3.63) is 29.3 Å². The van der Waals surface area contributed by atoms with Gasteiger partial charge < -0.3 is 15.4 Å². The molecule has 0 radical (unpaired) electrons. The Labute approximate surface area is 115 Å². The molecule has 0 aliphatic carbocycles. The number of ether oxygens (including phenoxy) is 1. The van der Waals surface area contributed by atoms with Gasteiger partial charge >= 0.3 is 0 Å². The molecule has 1 amide bonds. The Kier molecular flexibility index (Phi) is 6.36. The lowest BCUT2D eigenvalue weighted by molar-refractivity contribution is -0.123. The zero-order valence-corrected chi connectivity index (χ0v) is 12.2. The summed E-state index contributed by atoms with van der Waals surface area (Å²) < 4.78 is 5.66. The molecule has 0 aliphatic rings. The number of benzene rings is 1. The lowest BCUT2D eigenvalue weighted by Gasteiger charge is -2.15. The molecule has 0 heterocycles. The van der Waals surface area contributed by atoms with Crippen molar-refractivity contribution in [1.82, 2.24) is 10.6 Å². The molecule has 1 aromatic rings. The van der Waals surface area contributed by atoms with Crippen LogP contribution in [-0.2, 0) is 11.3 Å². The highest BCUT2D eigenvalue weighted by molar-refractivity contribution is 5.77. The first-order chi connectivity index (χ1) is 9.04. The van der Waals surface area contributed by atoms with Crippen LogP contribution in [0.4, 0.5) is 0 Å².